The molecule has 1 aliphatic heterocycles. The number of nitrogens with zero attached hydrogens (tertiary/aromatic N) is 1. The molecule has 0 aromatic rings. The van der Waals surface area contributed by atoms with Crippen molar-refractivity contribution in [3.8, 4) is 0 Å². The van der Waals surface area contributed by atoms with Crippen molar-refractivity contribution < 1.29 is 4.74 Å². The molecule has 21 heavy (non-hydrogen) atoms. The monoisotopic (exact) mass is 295 g/mol. The fourth-order valence-electron chi connectivity index (χ4n) is 4.48. The van der Waals surface area contributed by atoms with Crippen molar-refractivity contribution >= 4 is 0 Å². The van der Waals surface area contributed by atoms with Gasteiger partial charge in [0.25, 0.3) is 0 Å². The molecule has 1 saturated heterocycles. The van der Waals surface area contributed by atoms with Gasteiger partial charge in [-0.25, -0.2) is 0 Å². The minimum atomic E-state index is 0.556. The molecule has 1 heterocycles. The zero-order valence-electron chi connectivity index (χ0n) is 14.7. The number of rotatable bonds is 8. The lowest BCUT2D eigenvalue weighted by Crippen LogP contribution is -2.25. The van der Waals surface area contributed by atoms with Gasteiger partial charge in [0.15, 0.2) is 0 Å². The summed E-state index contributed by atoms with van der Waals surface area (Å²) in [5.74, 6) is 2.89. The average Bonchev–Trinajstić information content (AvgIpc) is 2.97. The van der Waals surface area contributed by atoms with Crippen molar-refractivity contribution in [2.45, 2.75) is 77.7 Å². The summed E-state index contributed by atoms with van der Waals surface area (Å²) in [5, 5.41) is 0. The van der Waals surface area contributed by atoms with E-state index in [-0.39, 0.29) is 0 Å². The van der Waals surface area contributed by atoms with Crippen LogP contribution < -0.4 is 0 Å². The molecule has 2 nitrogen and oxygen atoms in total. The van der Waals surface area contributed by atoms with Gasteiger partial charge < -0.3 is 9.64 Å². The van der Waals surface area contributed by atoms with Crippen molar-refractivity contribution in [2.75, 3.05) is 26.7 Å². The quantitative estimate of drug-likeness (QED) is 0.642. The van der Waals surface area contributed by atoms with Gasteiger partial charge in [0, 0.05) is 13.7 Å². The van der Waals surface area contributed by atoms with Crippen molar-refractivity contribution in [3.05, 3.63) is 0 Å². The Labute approximate surface area is 132 Å². The summed E-state index contributed by atoms with van der Waals surface area (Å²) >= 11 is 0. The third kappa shape index (κ3) is 5.56. The van der Waals surface area contributed by atoms with Crippen LogP contribution >= 0.6 is 0 Å². The van der Waals surface area contributed by atoms with Gasteiger partial charge in [0.2, 0.25) is 0 Å². The minimum Gasteiger partial charge on any atom is -0.381 e. The Morgan fingerprint density at radius 1 is 1.14 bits per heavy atom. The molecule has 1 aliphatic carbocycles. The molecule has 0 spiro atoms. The van der Waals surface area contributed by atoms with Gasteiger partial charge in [-0.2, -0.15) is 0 Å². The second-order valence-electron chi connectivity index (χ2n) is 7.64. The number of hydrogen-bond acceptors (Lipinski definition) is 2. The maximum Gasteiger partial charge on any atom is 0.0571 e. The summed E-state index contributed by atoms with van der Waals surface area (Å²) in [6.07, 6.45) is 13.0. The summed E-state index contributed by atoms with van der Waals surface area (Å²) in [5.41, 5.74) is 0. The van der Waals surface area contributed by atoms with E-state index in [0.29, 0.717) is 6.10 Å². The van der Waals surface area contributed by atoms with Gasteiger partial charge >= 0.3 is 0 Å². The van der Waals surface area contributed by atoms with E-state index >= 15 is 0 Å². The van der Waals surface area contributed by atoms with Crippen molar-refractivity contribution in [2.24, 2.45) is 17.8 Å². The smallest absolute Gasteiger partial charge is 0.0571 e. The van der Waals surface area contributed by atoms with Crippen LogP contribution in [0.2, 0.25) is 0 Å². The van der Waals surface area contributed by atoms with E-state index < -0.39 is 0 Å². The summed E-state index contributed by atoms with van der Waals surface area (Å²) < 4.78 is 5.47. The van der Waals surface area contributed by atoms with Gasteiger partial charge in [-0.05, 0) is 75.8 Å². The Balaban J connectivity index is 1.56. The van der Waals surface area contributed by atoms with E-state index in [1.165, 1.54) is 77.4 Å². The SMILES string of the molecule is CCCC(C)C1CCN(CCCC2CCC(OC)CC2)C1. The largest absolute Gasteiger partial charge is 0.381 e. The zero-order valence-corrected chi connectivity index (χ0v) is 14.7. The van der Waals surface area contributed by atoms with Crippen LogP contribution in [0, 0.1) is 17.8 Å². The molecule has 0 aromatic carbocycles. The van der Waals surface area contributed by atoms with Gasteiger partial charge in [0.05, 0.1) is 6.10 Å². The molecular weight excluding hydrogens is 258 g/mol. The summed E-state index contributed by atoms with van der Waals surface area (Å²) in [6.45, 7) is 8.86. The second kappa shape index (κ2) is 9.15. The molecule has 0 bridgehead atoms. The first-order valence-electron chi connectivity index (χ1n) is 9.48. The molecule has 2 aliphatic rings. The van der Waals surface area contributed by atoms with Crippen molar-refractivity contribution in [1.29, 1.82) is 0 Å². The molecule has 2 fully saturated rings. The number of likely N-dealkylation sites (tertiary alicyclic amines) is 1. The fourth-order valence-corrected chi connectivity index (χ4v) is 4.48. The third-order valence-electron chi connectivity index (χ3n) is 6.07. The van der Waals surface area contributed by atoms with E-state index in [4.69, 9.17) is 4.74 Å². The van der Waals surface area contributed by atoms with E-state index in [0.717, 1.165) is 17.8 Å². The molecule has 2 atom stereocenters. The van der Waals surface area contributed by atoms with E-state index in [2.05, 4.69) is 18.7 Å². The lowest BCUT2D eigenvalue weighted by Gasteiger charge is -2.28. The van der Waals surface area contributed by atoms with Crippen LogP contribution in [0.3, 0.4) is 0 Å². The maximum atomic E-state index is 5.47. The van der Waals surface area contributed by atoms with Crippen LogP contribution in [-0.4, -0.2) is 37.7 Å². The van der Waals surface area contributed by atoms with Crippen LogP contribution in [0.25, 0.3) is 0 Å². The van der Waals surface area contributed by atoms with Crippen LogP contribution in [0.5, 0.6) is 0 Å². The molecule has 124 valence electrons. The molecule has 0 amide bonds. The van der Waals surface area contributed by atoms with Gasteiger partial charge in [-0.3, -0.25) is 0 Å². The zero-order chi connectivity index (χ0) is 15.1. The first kappa shape index (κ1) is 17.3. The Kier molecular flexibility index (Phi) is 7.53. The van der Waals surface area contributed by atoms with Crippen LogP contribution in [0.4, 0.5) is 0 Å². The Morgan fingerprint density at radius 2 is 1.90 bits per heavy atom. The number of methoxy groups -OCH3 is 1. The second-order valence-corrected chi connectivity index (χ2v) is 7.64. The fraction of sp³-hybridized carbons (Fsp3) is 1.00. The van der Waals surface area contributed by atoms with Gasteiger partial charge in [-0.1, -0.05) is 26.7 Å². The molecule has 2 rings (SSSR count). The molecule has 2 heteroatoms. The highest BCUT2D eigenvalue weighted by Gasteiger charge is 2.26. The van der Waals surface area contributed by atoms with E-state index in [9.17, 15) is 0 Å². The molecule has 0 aromatic heterocycles. The molecule has 0 radical (unpaired) electrons. The lowest BCUT2D eigenvalue weighted by atomic mass is 9.84. The Hall–Kier alpha value is -0.0800. The highest BCUT2D eigenvalue weighted by Crippen LogP contribution is 2.30. The lowest BCUT2D eigenvalue weighted by molar-refractivity contribution is 0.0548. The summed E-state index contributed by atoms with van der Waals surface area (Å²) in [4.78, 5) is 2.73. The highest BCUT2D eigenvalue weighted by molar-refractivity contribution is 4.80. The van der Waals surface area contributed by atoms with Crippen LogP contribution in [0.1, 0.15) is 71.6 Å². The minimum absolute atomic E-state index is 0.556. The van der Waals surface area contributed by atoms with Crippen LogP contribution in [0.15, 0.2) is 0 Å². The summed E-state index contributed by atoms with van der Waals surface area (Å²) in [6, 6.07) is 0. The van der Waals surface area contributed by atoms with E-state index in [1.807, 2.05) is 7.11 Å². The van der Waals surface area contributed by atoms with E-state index in [1.54, 1.807) is 0 Å². The normalized spacial score (nSPS) is 32.4. The predicted molar refractivity (Wildman–Crippen MR) is 90.6 cm³/mol. The molecule has 2 unspecified atom stereocenters. The number of hydrogen-bond donors (Lipinski definition) is 0. The average molecular weight is 296 g/mol. The predicted octanol–water partition coefficient (Wildman–Crippen LogP) is 4.73. The Bertz CT molecular complexity index is 273. The summed E-state index contributed by atoms with van der Waals surface area (Å²) in [7, 11) is 1.87. The molecular formula is C19H37NO. The Morgan fingerprint density at radius 3 is 2.57 bits per heavy atom. The van der Waals surface area contributed by atoms with Gasteiger partial charge in [-0.15, -0.1) is 0 Å². The van der Waals surface area contributed by atoms with Crippen LogP contribution in [-0.2, 0) is 4.74 Å². The molecule has 0 N–H and O–H groups in total. The highest BCUT2D eigenvalue weighted by atomic mass is 16.5. The molecule has 1 saturated carbocycles. The van der Waals surface area contributed by atoms with Crippen molar-refractivity contribution in [3.63, 3.8) is 0 Å². The third-order valence-corrected chi connectivity index (χ3v) is 6.07. The standard InChI is InChI=1S/C19H37NO/c1-4-6-16(2)18-12-14-20(15-18)13-5-7-17-8-10-19(21-3)11-9-17/h16-19H,4-15H2,1-3H3. The number of ether oxygens (including phenoxy) is 1. The first-order valence-corrected chi connectivity index (χ1v) is 9.48. The van der Waals surface area contributed by atoms with Gasteiger partial charge in [0.1, 0.15) is 0 Å². The topological polar surface area (TPSA) is 12.5 Å². The first-order chi connectivity index (χ1) is 10.2. The maximum absolute atomic E-state index is 5.47. The van der Waals surface area contributed by atoms with Crippen molar-refractivity contribution in [1.82, 2.24) is 4.90 Å².